The summed E-state index contributed by atoms with van der Waals surface area (Å²) in [7, 11) is 3.19. The predicted octanol–water partition coefficient (Wildman–Crippen LogP) is 2.56. The van der Waals surface area contributed by atoms with Gasteiger partial charge in [-0.05, 0) is 55.7 Å². The molecule has 0 aliphatic carbocycles. The Bertz CT molecular complexity index is 787. The van der Waals surface area contributed by atoms with E-state index in [4.69, 9.17) is 9.47 Å². The summed E-state index contributed by atoms with van der Waals surface area (Å²) in [5, 5.41) is 12.4. The number of hydrogen-bond donors (Lipinski definition) is 0. The summed E-state index contributed by atoms with van der Waals surface area (Å²) >= 11 is 1.33. The Labute approximate surface area is 163 Å². The van der Waals surface area contributed by atoms with E-state index in [-0.39, 0.29) is 18.0 Å². The number of aromatic nitrogens is 4. The van der Waals surface area contributed by atoms with E-state index in [0.29, 0.717) is 28.1 Å². The lowest BCUT2D eigenvalue weighted by atomic mass is 9.98. The molecule has 1 saturated heterocycles. The number of rotatable bonds is 6. The molecule has 2 unspecified atom stereocenters. The number of benzene rings is 1. The fraction of sp³-hybridized carbons (Fsp3) is 0.556. The Balaban J connectivity index is 1.77. The molecule has 9 heteroatoms. The zero-order valence-electron chi connectivity index (χ0n) is 16.1. The Morgan fingerprint density at radius 3 is 2.63 bits per heavy atom. The molecule has 1 aromatic carbocycles. The van der Waals surface area contributed by atoms with Gasteiger partial charge in [0, 0.05) is 18.2 Å². The molecule has 2 aromatic rings. The number of piperidine rings is 1. The largest absolute Gasteiger partial charge is 0.497 e. The fourth-order valence-electron chi connectivity index (χ4n) is 3.50. The highest BCUT2D eigenvalue weighted by Crippen LogP contribution is 2.30. The Hall–Kier alpha value is -2.29. The van der Waals surface area contributed by atoms with Gasteiger partial charge < -0.3 is 14.4 Å². The van der Waals surface area contributed by atoms with Gasteiger partial charge in [0.1, 0.15) is 17.2 Å². The summed E-state index contributed by atoms with van der Waals surface area (Å²) in [6.07, 6.45) is 3.28. The van der Waals surface area contributed by atoms with Gasteiger partial charge in [0.05, 0.1) is 20.0 Å². The first-order valence-corrected chi connectivity index (χ1v) is 9.98. The van der Waals surface area contributed by atoms with Gasteiger partial charge in [0.25, 0.3) is 0 Å². The van der Waals surface area contributed by atoms with Crippen LogP contribution < -0.4 is 9.47 Å². The lowest BCUT2D eigenvalue weighted by Gasteiger charge is -2.39. The maximum atomic E-state index is 12.8. The first kappa shape index (κ1) is 19.5. The standard InChI is InChI=1S/C18H25N5O3S/c1-12-6-5-7-13(2)22(12)17(24)11-27-18-19-20-21-23(18)15-10-14(25-3)8-9-16(15)26-4/h8-10,12-13H,5-7,11H2,1-4H3. The number of thioether (sulfide) groups is 1. The van der Waals surface area contributed by atoms with Crippen molar-refractivity contribution in [3.63, 3.8) is 0 Å². The van der Waals surface area contributed by atoms with Gasteiger partial charge in [0.2, 0.25) is 11.1 Å². The maximum Gasteiger partial charge on any atom is 0.233 e. The first-order chi connectivity index (χ1) is 13.0. The van der Waals surface area contributed by atoms with Crippen LogP contribution >= 0.6 is 11.8 Å². The lowest BCUT2D eigenvalue weighted by molar-refractivity contribution is -0.134. The Kier molecular flexibility index (Phi) is 6.20. The molecule has 2 atom stereocenters. The van der Waals surface area contributed by atoms with E-state index >= 15 is 0 Å². The van der Waals surface area contributed by atoms with Crippen molar-refractivity contribution >= 4 is 17.7 Å². The van der Waals surface area contributed by atoms with E-state index in [0.717, 1.165) is 12.8 Å². The summed E-state index contributed by atoms with van der Waals surface area (Å²) in [5.41, 5.74) is 0.663. The van der Waals surface area contributed by atoms with Gasteiger partial charge in [-0.3, -0.25) is 4.79 Å². The molecule has 1 aromatic heterocycles. The number of hydrogen-bond acceptors (Lipinski definition) is 7. The molecular weight excluding hydrogens is 366 g/mol. The Morgan fingerprint density at radius 1 is 1.22 bits per heavy atom. The molecule has 0 radical (unpaired) electrons. The minimum atomic E-state index is 0.117. The van der Waals surface area contributed by atoms with E-state index in [1.165, 1.54) is 18.2 Å². The van der Waals surface area contributed by atoms with Crippen molar-refractivity contribution in [1.29, 1.82) is 0 Å². The van der Waals surface area contributed by atoms with Crippen LogP contribution in [0.25, 0.3) is 5.69 Å². The van der Waals surface area contributed by atoms with E-state index in [1.807, 2.05) is 11.0 Å². The topological polar surface area (TPSA) is 82.4 Å². The molecular formula is C18H25N5O3S. The van der Waals surface area contributed by atoms with Crippen LogP contribution in [0.3, 0.4) is 0 Å². The van der Waals surface area contributed by atoms with Crippen molar-refractivity contribution in [2.24, 2.45) is 0 Å². The number of nitrogens with zero attached hydrogens (tertiary/aromatic N) is 5. The molecule has 27 heavy (non-hydrogen) atoms. The van der Waals surface area contributed by atoms with E-state index in [1.54, 1.807) is 31.0 Å². The van der Waals surface area contributed by atoms with Crippen LogP contribution in [-0.2, 0) is 4.79 Å². The maximum absolute atomic E-state index is 12.8. The SMILES string of the molecule is COc1ccc(OC)c(-n2nnnc2SCC(=O)N2C(C)CCCC2C)c1. The van der Waals surface area contributed by atoms with Crippen LogP contribution in [0.15, 0.2) is 23.4 Å². The van der Waals surface area contributed by atoms with Crippen LogP contribution in [0.1, 0.15) is 33.1 Å². The average Bonchev–Trinajstić information content (AvgIpc) is 3.14. The number of tetrazole rings is 1. The normalized spacial score (nSPS) is 19.8. The first-order valence-electron chi connectivity index (χ1n) is 9.00. The molecule has 146 valence electrons. The van der Waals surface area contributed by atoms with Gasteiger partial charge in [-0.15, -0.1) is 5.10 Å². The van der Waals surface area contributed by atoms with Crippen molar-refractivity contribution < 1.29 is 14.3 Å². The van der Waals surface area contributed by atoms with Crippen LogP contribution in [0, 0.1) is 0 Å². The minimum absolute atomic E-state index is 0.117. The van der Waals surface area contributed by atoms with Gasteiger partial charge in [-0.2, -0.15) is 4.68 Å². The lowest BCUT2D eigenvalue weighted by Crippen LogP contribution is -2.48. The van der Waals surface area contributed by atoms with Gasteiger partial charge >= 0.3 is 0 Å². The van der Waals surface area contributed by atoms with Gasteiger partial charge in [-0.25, -0.2) is 0 Å². The third-order valence-corrected chi connectivity index (χ3v) is 5.77. The summed E-state index contributed by atoms with van der Waals surface area (Å²) in [4.78, 5) is 14.8. The molecule has 0 saturated carbocycles. The highest BCUT2D eigenvalue weighted by atomic mass is 32.2. The highest BCUT2D eigenvalue weighted by molar-refractivity contribution is 7.99. The number of likely N-dealkylation sites (tertiary alicyclic amines) is 1. The molecule has 3 rings (SSSR count). The molecule has 1 aliphatic heterocycles. The monoisotopic (exact) mass is 391 g/mol. The van der Waals surface area contributed by atoms with Crippen molar-refractivity contribution in [1.82, 2.24) is 25.1 Å². The second-order valence-electron chi connectivity index (χ2n) is 6.63. The van der Waals surface area contributed by atoms with Crippen LogP contribution in [0.5, 0.6) is 11.5 Å². The second kappa shape index (κ2) is 8.60. The smallest absolute Gasteiger partial charge is 0.233 e. The molecule has 1 fully saturated rings. The minimum Gasteiger partial charge on any atom is -0.497 e. The summed E-state index contributed by atoms with van der Waals surface area (Å²) in [6.45, 7) is 4.23. The van der Waals surface area contributed by atoms with Crippen LogP contribution in [0.2, 0.25) is 0 Å². The van der Waals surface area contributed by atoms with Gasteiger partial charge in [0.15, 0.2) is 0 Å². The third-order valence-electron chi connectivity index (χ3n) is 4.86. The number of carbonyl (C=O) groups is 1. The highest BCUT2D eigenvalue weighted by Gasteiger charge is 2.29. The zero-order valence-corrected chi connectivity index (χ0v) is 16.9. The van der Waals surface area contributed by atoms with Crippen LogP contribution in [-0.4, -0.2) is 63.1 Å². The van der Waals surface area contributed by atoms with E-state index in [2.05, 4.69) is 29.4 Å². The molecule has 1 amide bonds. The molecule has 0 spiro atoms. The van der Waals surface area contributed by atoms with Crippen molar-refractivity contribution in [3.8, 4) is 17.2 Å². The molecule has 1 aliphatic rings. The van der Waals surface area contributed by atoms with Crippen molar-refractivity contribution in [2.45, 2.75) is 50.4 Å². The molecule has 2 heterocycles. The number of ether oxygens (including phenoxy) is 2. The summed E-state index contributed by atoms with van der Waals surface area (Å²) < 4.78 is 12.3. The van der Waals surface area contributed by atoms with Crippen LogP contribution in [0.4, 0.5) is 0 Å². The number of methoxy groups -OCH3 is 2. The molecule has 0 bridgehead atoms. The number of amides is 1. The molecule has 8 nitrogen and oxygen atoms in total. The summed E-state index contributed by atoms with van der Waals surface area (Å²) in [6, 6.07) is 5.96. The Morgan fingerprint density at radius 2 is 1.96 bits per heavy atom. The quantitative estimate of drug-likeness (QED) is 0.700. The average molecular weight is 391 g/mol. The predicted molar refractivity (Wildman–Crippen MR) is 103 cm³/mol. The second-order valence-corrected chi connectivity index (χ2v) is 7.57. The van der Waals surface area contributed by atoms with Crippen molar-refractivity contribution in [3.05, 3.63) is 18.2 Å². The van der Waals surface area contributed by atoms with E-state index < -0.39 is 0 Å². The third kappa shape index (κ3) is 4.18. The fourth-order valence-corrected chi connectivity index (χ4v) is 4.25. The van der Waals surface area contributed by atoms with Gasteiger partial charge in [-0.1, -0.05) is 11.8 Å². The molecule has 0 N–H and O–H groups in total. The van der Waals surface area contributed by atoms with Crippen molar-refractivity contribution in [2.75, 3.05) is 20.0 Å². The number of carbonyl (C=O) groups excluding carboxylic acids is 1. The zero-order chi connectivity index (χ0) is 19.4. The summed E-state index contributed by atoms with van der Waals surface area (Å²) in [5.74, 6) is 1.70. The van der Waals surface area contributed by atoms with E-state index in [9.17, 15) is 4.79 Å².